The van der Waals surface area contributed by atoms with Gasteiger partial charge in [-0.1, -0.05) is 17.7 Å². The van der Waals surface area contributed by atoms with E-state index in [4.69, 9.17) is 11.6 Å². The van der Waals surface area contributed by atoms with Crippen LogP contribution < -0.4 is 5.32 Å². The van der Waals surface area contributed by atoms with E-state index in [9.17, 15) is 13.6 Å². The molecule has 0 fully saturated rings. The van der Waals surface area contributed by atoms with Crippen LogP contribution in [0.4, 0.5) is 14.5 Å². The van der Waals surface area contributed by atoms with Gasteiger partial charge in [-0.25, -0.2) is 8.78 Å². The first-order chi connectivity index (χ1) is 9.47. The maximum Gasteiger partial charge on any atom is 0.228 e. The number of halogens is 3. The van der Waals surface area contributed by atoms with Crippen molar-refractivity contribution in [2.24, 2.45) is 0 Å². The molecule has 104 valence electrons. The summed E-state index contributed by atoms with van der Waals surface area (Å²) >= 11 is 6.00. The lowest BCUT2D eigenvalue weighted by atomic mass is 10.1. The highest BCUT2D eigenvalue weighted by atomic mass is 35.5. The molecule has 0 bridgehead atoms. The van der Waals surface area contributed by atoms with E-state index in [1.54, 1.807) is 13.0 Å². The summed E-state index contributed by atoms with van der Waals surface area (Å²) in [5, 5.41) is 2.96. The van der Waals surface area contributed by atoms with Crippen LogP contribution in [0.2, 0.25) is 5.02 Å². The van der Waals surface area contributed by atoms with Crippen LogP contribution >= 0.6 is 11.6 Å². The van der Waals surface area contributed by atoms with Gasteiger partial charge in [-0.05, 0) is 30.7 Å². The lowest BCUT2D eigenvalue weighted by molar-refractivity contribution is -0.115. The highest BCUT2D eigenvalue weighted by molar-refractivity contribution is 6.34. The maximum absolute atomic E-state index is 13.0. The van der Waals surface area contributed by atoms with Crippen molar-refractivity contribution in [1.82, 2.24) is 4.98 Å². The van der Waals surface area contributed by atoms with Gasteiger partial charge in [0, 0.05) is 6.20 Å². The fraction of sp³-hybridized carbons (Fsp3) is 0.143. The van der Waals surface area contributed by atoms with Crippen molar-refractivity contribution in [3.63, 3.8) is 0 Å². The van der Waals surface area contributed by atoms with Crippen LogP contribution in [0.15, 0.2) is 30.5 Å². The average molecular weight is 297 g/mol. The second-order valence-electron chi connectivity index (χ2n) is 4.23. The van der Waals surface area contributed by atoms with Gasteiger partial charge in [-0.15, -0.1) is 0 Å². The number of amides is 1. The predicted octanol–water partition coefficient (Wildman–Crippen LogP) is 3.50. The van der Waals surface area contributed by atoms with Crippen molar-refractivity contribution in [2.75, 3.05) is 5.32 Å². The molecule has 0 aliphatic heterocycles. The summed E-state index contributed by atoms with van der Waals surface area (Å²) in [4.78, 5) is 15.8. The second kappa shape index (κ2) is 5.96. The molecule has 2 aromatic rings. The summed E-state index contributed by atoms with van der Waals surface area (Å²) in [6.07, 6.45) is 1.45. The molecule has 0 aliphatic carbocycles. The Morgan fingerprint density at radius 3 is 2.75 bits per heavy atom. The topological polar surface area (TPSA) is 42.0 Å². The van der Waals surface area contributed by atoms with Crippen LogP contribution in [0.3, 0.4) is 0 Å². The Balaban J connectivity index is 2.09. The van der Waals surface area contributed by atoms with Gasteiger partial charge in [-0.3, -0.25) is 9.78 Å². The summed E-state index contributed by atoms with van der Waals surface area (Å²) < 4.78 is 25.8. The van der Waals surface area contributed by atoms with E-state index in [1.807, 2.05) is 0 Å². The number of pyridine rings is 1. The number of hydrogen-bond donors (Lipinski definition) is 1. The minimum Gasteiger partial charge on any atom is -0.324 e. The molecule has 0 radical (unpaired) electrons. The first-order valence-corrected chi connectivity index (χ1v) is 6.20. The van der Waals surface area contributed by atoms with Gasteiger partial charge >= 0.3 is 0 Å². The monoisotopic (exact) mass is 296 g/mol. The van der Waals surface area contributed by atoms with Gasteiger partial charge in [0.2, 0.25) is 5.91 Å². The molecule has 0 aliphatic rings. The molecule has 1 amide bonds. The molecule has 20 heavy (non-hydrogen) atoms. The number of hydrogen-bond acceptors (Lipinski definition) is 2. The quantitative estimate of drug-likeness (QED) is 0.942. The Bertz CT molecular complexity index is 662. The minimum atomic E-state index is -0.979. The Kier molecular flexibility index (Phi) is 4.29. The van der Waals surface area contributed by atoms with Crippen molar-refractivity contribution in [1.29, 1.82) is 0 Å². The van der Waals surface area contributed by atoms with Gasteiger partial charge in [0.05, 0.1) is 22.8 Å². The fourth-order valence-corrected chi connectivity index (χ4v) is 1.83. The molecule has 0 atom stereocenters. The molecule has 1 aromatic carbocycles. The van der Waals surface area contributed by atoms with Crippen molar-refractivity contribution in [3.05, 3.63) is 58.4 Å². The van der Waals surface area contributed by atoms with Gasteiger partial charge < -0.3 is 5.32 Å². The van der Waals surface area contributed by atoms with Crippen molar-refractivity contribution in [2.45, 2.75) is 13.3 Å². The molecule has 1 aromatic heterocycles. The SMILES string of the molecule is Cc1nccc(NC(=O)Cc2ccc(F)c(F)c2)c1Cl. The van der Waals surface area contributed by atoms with Gasteiger partial charge in [0.1, 0.15) is 0 Å². The van der Waals surface area contributed by atoms with Crippen molar-refractivity contribution >= 4 is 23.2 Å². The third-order valence-electron chi connectivity index (χ3n) is 2.69. The Morgan fingerprint density at radius 2 is 2.05 bits per heavy atom. The summed E-state index contributed by atoms with van der Waals surface area (Å²) in [5.74, 6) is -2.29. The van der Waals surface area contributed by atoms with Crippen molar-refractivity contribution in [3.8, 4) is 0 Å². The van der Waals surface area contributed by atoms with Gasteiger partial charge in [0.25, 0.3) is 0 Å². The average Bonchev–Trinajstić information content (AvgIpc) is 2.39. The Labute approximate surface area is 119 Å². The third kappa shape index (κ3) is 3.30. The molecule has 3 nitrogen and oxygen atoms in total. The largest absolute Gasteiger partial charge is 0.324 e. The summed E-state index contributed by atoms with van der Waals surface area (Å²) in [7, 11) is 0. The highest BCUT2D eigenvalue weighted by Crippen LogP contribution is 2.23. The van der Waals surface area contributed by atoms with Crippen LogP contribution in [-0.2, 0) is 11.2 Å². The van der Waals surface area contributed by atoms with Crippen LogP contribution in [0.5, 0.6) is 0 Å². The molecule has 0 saturated carbocycles. The number of aryl methyl sites for hydroxylation is 1. The smallest absolute Gasteiger partial charge is 0.228 e. The van der Waals surface area contributed by atoms with E-state index in [2.05, 4.69) is 10.3 Å². The third-order valence-corrected chi connectivity index (χ3v) is 3.16. The Morgan fingerprint density at radius 1 is 1.30 bits per heavy atom. The van der Waals surface area contributed by atoms with Gasteiger partial charge in [-0.2, -0.15) is 0 Å². The molecule has 6 heteroatoms. The zero-order valence-electron chi connectivity index (χ0n) is 10.6. The number of anilines is 1. The predicted molar refractivity (Wildman–Crippen MR) is 72.7 cm³/mol. The van der Waals surface area contributed by atoms with E-state index in [-0.39, 0.29) is 12.3 Å². The lowest BCUT2D eigenvalue weighted by Gasteiger charge is -2.08. The van der Waals surface area contributed by atoms with Crippen LogP contribution in [0, 0.1) is 18.6 Å². The van der Waals surface area contributed by atoms with Crippen molar-refractivity contribution < 1.29 is 13.6 Å². The summed E-state index contributed by atoms with van der Waals surface area (Å²) in [6.45, 7) is 1.72. The molecular formula is C14H11ClF2N2O. The van der Waals surface area contributed by atoms with E-state index >= 15 is 0 Å². The molecule has 0 unspecified atom stereocenters. The van der Waals surface area contributed by atoms with Crippen LogP contribution in [-0.4, -0.2) is 10.9 Å². The van der Waals surface area contributed by atoms with E-state index < -0.39 is 11.6 Å². The number of benzene rings is 1. The molecule has 1 heterocycles. The zero-order chi connectivity index (χ0) is 14.7. The molecule has 2 rings (SSSR count). The minimum absolute atomic E-state index is 0.0745. The zero-order valence-corrected chi connectivity index (χ0v) is 11.3. The number of aromatic nitrogens is 1. The first kappa shape index (κ1) is 14.4. The number of carbonyl (C=O) groups is 1. The van der Waals surface area contributed by atoms with Gasteiger partial charge in [0.15, 0.2) is 11.6 Å². The van der Waals surface area contributed by atoms with E-state index in [1.165, 1.54) is 12.3 Å². The standard InChI is InChI=1S/C14H11ClF2N2O/c1-8-14(15)12(4-5-18-8)19-13(20)7-9-2-3-10(16)11(17)6-9/h2-6H,7H2,1H3,(H,18,19,20). The highest BCUT2D eigenvalue weighted by Gasteiger charge is 2.10. The number of carbonyl (C=O) groups excluding carboxylic acids is 1. The van der Waals surface area contributed by atoms with Crippen LogP contribution in [0.25, 0.3) is 0 Å². The molecular weight excluding hydrogens is 286 g/mol. The molecule has 0 spiro atoms. The van der Waals surface area contributed by atoms with Crippen LogP contribution in [0.1, 0.15) is 11.3 Å². The summed E-state index contributed by atoms with van der Waals surface area (Å²) in [6, 6.07) is 4.91. The normalized spacial score (nSPS) is 10.4. The first-order valence-electron chi connectivity index (χ1n) is 5.82. The Hall–Kier alpha value is -2.01. The number of nitrogens with one attached hydrogen (secondary N) is 1. The summed E-state index contributed by atoms with van der Waals surface area (Å²) in [5.41, 5.74) is 1.41. The maximum atomic E-state index is 13.0. The van der Waals surface area contributed by atoms with E-state index in [0.29, 0.717) is 22.0 Å². The van der Waals surface area contributed by atoms with E-state index in [0.717, 1.165) is 12.1 Å². The second-order valence-corrected chi connectivity index (χ2v) is 4.61. The molecule has 1 N–H and O–H groups in total. The number of nitrogens with zero attached hydrogens (tertiary/aromatic N) is 1. The lowest BCUT2D eigenvalue weighted by Crippen LogP contribution is -2.15. The number of rotatable bonds is 3. The fourth-order valence-electron chi connectivity index (χ4n) is 1.67. The molecule has 0 saturated heterocycles.